The van der Waals surface area contributed by atoms with E-state index in [4.69, 9.17) is 6.42 Å². The molecule has 0 spiro atoms. The molecule has 1 aromatic rings. The van der Waals surface area contributed by atoms with Crippen molar-refractivity contribution in [3.63, 3.8) is 0 Å². The lowest BCUT2D eigenvalue weighted by Gasteiger charge is -2.04. The number of benzene rings is 1. The second kappa shape index (κ2) is 5.86. The van der Waals surface area contributed by atoms with Crippen LogP contribution in [-0.2, 0) is 11.2 Å². The second-order valence-electron chi connectivity index (χ2n) is 3.22. The van der Waals surface area contributed by atoms with Crippen molar-refractivity contribution in [2.24, 2.45) is 0 Å². The highest BCUT2D eigenvalue weighted by molar-refractivity contribution is 5.78. The Labute approximate surface area is 92.7 Å². The van der Waals surface area contributed by atoms with Gasteiger partial charge in [0.1, 0.15) is 11.6 Å². The van der Waals surface area contributed by atoms with E-state index in [1.54, 1.807) is 0 Å². The lowest BCUT2D eigenvalue weighted by Crippen LogP contribution is -2.26. The highest BCUT2D eigenvalue weighted by atomic mass is 19.1. The average molecular weight is 223 g/mol. The van der Waals surface area contributed by atoms with Gasteiger partial charge >= 0.3 is 0 Å². The second-order valence-corrected chi connectivity index (χ2v) is 3.22. The first-order valence-electron chi connectivity index (χ1n) is 4.77. The highest BCUT2D eigenvalue weighted by Crippen LogP contribution is 2.09. The van der Waals surface area contributed by atoms with Crippen LogP contribution < -0.4 is 5.32 Å². The average Bonchev–Trinajstić information content (AvgIpc) is 2.23. The van der Waals surface area contributed by atoms with Gasteiger partial charge < -0.3 is 5.32 Å². The first kappa shape index (κ1) is 12.2. The third-order valence-electron chi connectivity index (χ3n) is 1.96. The zero-order chi connectivity index (χ0) is 12.0. The van der Waals surface area contributed by atoms with E-state index in [2.05, 4.69) is 11.2 Å². The zero-order valence-electron chi connectivity index (χ0n) is 8.59. The predicted octanol–water partition coefficient (Wildman–Crippen LogP) is 1.65. The predicted molar refractivity (Wildman–Crippen MR) is 56.5 cm³/mol. The number of amides is 1. The van der Waals surface area contributed by atoms with Crippen molar-refractivity contribution < 1.29 is 13.6 Å². The molecule has 0 heterocycles. The van der Waals surface area contributed by atoms with Gasteiger partial charge in [0, 0.05) is 19.0 Å². The monoisotopic (exact) mass is 223 g/mol. The molecule has 4 heteroatoms. The van der Waals surface area contributed by atoms with E-state index >= 15 is 0 Å². The molecule has 16 heavy (non-hydrogen) atoms. The lowest BCUT2D eigenvalue weighted by molar-refractivity contribution is -0.120. The Bertz CT molecular complexity index is 424. The molecule has 0 saturated carbocycles. The molecule has 0 aromatic heterocycles. The highest BCUT2D eigenvalue weighted by Gasteiger charge is 2.08. The maximum Gasteiger partial charge on any atom is 0.224 e. The molecule has 2 nitrogen and oxygen atoms in total. The third kappa shape index (κ3) is 3.70. The van der Waals surface area contributed by atoms with Crippen molar-refractivity contribution in [1.82, 2.24) is 5.32 Å². The summed E-state index contributed by atoms with van der Waals surface area (Å²) in [6, 6.07) is 3.13. The van der Waals surface area contributed by atoms with Gasteiger partial charge in [-0.2, -0.15) is 0 Å². The molecule has 1 aromatic carbocycles. The van der Waals surface area contributed by atoms with Crippen LogP contribution in [0.3, 0.4) is 0 Å². The Balaban J connectivity index is 2.53. The standard InChI is InChI=1S/C12H11F2NO/c1-2-3-6-15-12(16)7-9-4-5-10(13)8-11(9)14/h1,4-5,8H,3,6-7H2,(H,15,16). The Morgan fingerprint density at radius 2 is 2.19 bits per heavy atom. The van der Waals surface area contributed by atoms with Crippen molar-refractivity contribution in [2.75, 3.05) is 6.54 Å². The zero-order valence-corrected chi connectivity index (χ0v) is 8.59. The van der Waals surface area contributed by atoms with E-state index < -0.39 is 11.6 Å². The van der Waals surface area contributed by atoms with Crippen molar-refractivity contribution in [2.45, 2.75) is 12.8 Å². The lowest BCUT2D eigenvalue weighted by atomic mass is 10.1. The van der Waals surface area contributed by atoms with Crippen LogP contribution in [0.15, 0.2) is 18.2 Å². The molecule has 0 radical (unpaired) electrons. The van der Waals surface area contributed by atoms with Gasteiger partial charge in [0.25, 0.3) is 0 Å². The molecule has 0 aliphatic heterocycles. The van der Waals surface area contributed by atoms with E-state index in [-0.39, 0.29) is 17.9 Å². The Kier molecular flexibility index (Phi) is 4.46. The Morgan fingerprint density at radius 1 is 1.44 bits per heavy atom. The van der Waals surface area contributed by atoms with Crippen LogP contribution in [0, 0.1) is 24.0 Å². The van der Waals surface area contributed by atoms with E-state index in [1.165, 1.54) is 6.07 Å². The summed E-state index contributed by atoms with van der Waals surface area (Å²) >= 11 is 0. The number of terminal acetylenes is 1. The quantitative estimate of drug-likeness (QED) is 0.610. The van der Waals surface area contributed by atoms with Crippen molar-refractivity contribution in [1.29, 1.82) is 0 Å². The van der Waals surface area contributed by atoms with Crippen LogP contribution in [0.5, 0.6) is 0 Å². The first-order valence-corrected chi connectivity index (χ1v) is 4.77. The molecule has 1 N–H and O–H groups in total. The van der Waals surface area contributed by atoms with Crippen molar-refractivity contribution in [3.8, 4) is 12.3 Å². The van der Waals surface area contributed by atoms with Gasteiger partial charge in [0.15, 0.2) is 0 Å². The summed E-state index contributed by atoms with van der Waals surface area (Å²) in [5, 5.41) is 2.53. The third-order valence-corrected chi connectivity index (χ3v) is 1.96. The molecule has 84 valence electrons. The summed E-state index contributed by atoms with van der Waals surface area (Å²) in [6.07, 6.45) is 5.32. The normalized spacial score (nSPS) is 9.56. The molecule has 0 atom stereocenters. The number of nitrogens with one attached hydrogen (secondary N) is 1. The fourth-order valence-corrected chi connectivity index (χ4v) is 1.17. The summed E-state index contributed by atoms with van der Waals surface area (Å²) in [5.41, 5.74) is 0.166. The number of hydrogen-bond donors (Lipinski definition) is 1. The molecule has 0 aliphatic carbocycles. The Hall–Kier alpha value is -1.89. The van der Waals surface area contributed by atoms with Crippen LogP contribution >= 0.6 is 0 Å². The number of carbonyl (C=O) groups excluding carboxylic acids is 1. The SMILES string of the molecule is C#CCCNC(=O)Cc1ccc(F)cc1F. The van der Waals surface area contributed by atoms with Crippen molar-refractivity contribution in [3.05, 3.63) is 35.4 Å². The molecular formula is C12H11F2NO. The molecule has 1 amide bonds. The largest absolute Gasteiger partial charge is 0.355 e. The summed E-state index contributed by atoms with van der Waals surface area (Å²) in [5.74, 6) is 0.661. The van der Waals surface area contributed by atoms with Gasteiger partial charge in [-0.15, -0.1) is 12.3 Å². The fourth-order valence-electron chi connectivity index (χ4n) is 1.17. The molecule has 0 bridgehead atoms. The van der Waals surface area contributed by atoms with Gasteiger partial charge in [0.05, 0.1) is 6.42 Å². The van der Waals surface area contributed by atoms with Gasteiger partial charge in [-0.3, -0.25) is 4.79 Å². The maximum atomic E-state index is 13.1. The van der Waals surface area contributed by atoms with Gasteiger partial charge in [-0.25, -0.2) is 8.78 Å². The maximum absolute atomic E-state index is 13.1. The van der Waals surface area contributed by atoms with Gasteiger partial charge in [-0.1, -0.05) is 6.07 Å². The van der Waals surface area contributed by atoms with E-state index in [0.29, 0.717) is 13.0 Å². The van der Waals surface area contributed by atoms with Crippen molar-refractivity contribution >= 4 is 5.91 Å². The van der Waals surface area contributed by atoms with E-state index in [9.17, 15) is 13.6 Å². The van der Waals surface area contributed by atoms with Crippen LogP contribution in [0.25, 0.3) is 0 Å². The molecule has 1 rings (SSSR count). The van der Waals surface area contributed by atoms with Crippen LogP contribution in [0.1, 0.15) is 12.0 Å². The minimum absolute atomic E-state index is 0.114. The molecular weight excluding hydrogens is 212 g/mol. The number of hydrogen-bond acceptors (Lipinski definition) is 1. The summed E-state index contributed by atoms with van der Waals surface area (Å²) in [4.78, 5) is 11.3. The first-order chi connectivity index (χ1) is 7.63. The smallest absolute Gasteiger partial charge is 0.224 e. The number of carbonyl (C=O) groups is 1. The molecule has 0 saturated heterocycles. The molecule has 0 unspecified atom stereocenters. The van der Waals surface area contributed by atoms with Crippen LogP contribution in [0.2, 0.25) is 0 Å². The summed E-state index contributed by atoms with van der Waals surface area (Å²) in [7, 11) is 0. The van der Waals surface area contributed by atoms with E-state index in [0.717, 1.165) is 12.1 Å². The topological polar surface area (TPSA) is 29.1 Å². The fraction of sp³-hybridized carbons (Fsp3) is 0.250. The molecule has 0 fully saturated rings. The molecule has 0 aliphatic rings. The minimum atomic E-state index is -0.716. The van der Waals surface area contributed by atoms with E-state index in [1.807, 2.05) is 0 Å². The summed E-state index contributed by atoms with van der Waals surface area (Å²) < 4.78 is 25.7. The number of halogens is 2. The Morgan fingerprint density at radius 3 is 2.81 bits per heavy atom. The van der Waals surface area contributed by atoms with Gasteiger partial charge in [-0.05, 0) is 11.6 Å². The van der Waals surface area contributed by atoms with Crippen LogP contribution in [0.4, 0.5) is 8.78 Å². The number of rotatable bonds is 4. The van der Waals surface area contributed by atoms with Gasteiger partial charge in [0.2, 0.25) is 5.91 Å². The minimum Gasteiger partial charge on any atom is -0.355 e. The van der Waals surface area contributed by atoms with Crippen LogP contribution in [-0.4, -0.2) is 12.5 Å². The summed E-state index contributed by atoms with van der Waals surface area (Å²) in [6.45, 7) is 0.359.